The topological polar surface area (TPSA) is 75.1 Å². The minimum absolute atomic E-state index is 0.0470. The van der Waals surface area contributed by atoms with E-state index in [-0.39, 0.29) is 10.6 Å². The molecule has 19 heavy (non-hydrogen) atoms. The van der Waals surface area contributed by atoms with Gasteiger partial charge in [0.2, 0.25) is 0 Å². The molecule has 7 heteroatoms. The summed E-state index contributed by atoms with van der Waals surface area (Å²) in [6, 6.07) is 6.39. The van der Waals surface area contributed by atoms with Gasteiger partial charge in [0.1, 0.15) is 5.82 Å². The average Bonchev–Trinajstić information content (AvgIpc) is 2.41. The highest BCUT2D eigenvalue weighted by Crippen LogP contribution is 2.23. The largest absolute Gasteiger partial charge is 0.478 e. The molecule has 0 radical (unpaired) electrons. The summed E-state index contributed by atoms with van der Waals surface area (Å²) >= 11 is 7.23. The smallest absolute Gasteiger partial charge is 0.337 e. The number of aromatic carboxylic acids is 1. The van der Waals surface area contributed by atoms with E-state index in [1.807, 2.05) is 6.26 Å². The number of rotatable bonds is 4. The fraction of sp³-hybridized carbons (Fsp3) is 0.0833. The molecule has 0 bridgehead atoms. The number of nitrogens with one attached hydrogen (secondary N) is 1. The Bertz CT molecular complexity index is 622. The first kappa shape index (κ1) is 13.6. The standard InChI is InChI=1S/C12H10ClN3O2S/c1-19-12-14-5-4-10(16-12)15-7-2-3-9(13)8(6-7)11(17)18/h2-6H,1H3,(H,17,18)(H,14,15,16). The molecule has 98 valence electrons. The molecule has 0 spiro atoms. The lowest BCUT2D eigenvalue weighted by Gasteiger charge is -2.07. The van der Waals surface area contributed by atoms with Crippen molar-refractivity contribution in [2.45, 2.75) is 5.16 Å². The molecule has 0 aliphatic rings. The summed E-state index contributed by atoms with van der Waals surface area (Å²) in [5.41, 5.74) is 0.651. The zero-order chi connectivity index (χ0) is 13.8. The van der Waals surface area contributed by atoms with Crippen LogP contribution in [0.15, 0.2) is 35.6 Å². The molecular weight excluding hydrogens is 286 g/mol. The van der Waals surface area contributed by atoms with E-state index in [0.29, 0.717) is 16.7 Å². The molecule has 0 saturated heterocycles. The molecule has 5 nitrogen and oxygen atoms in total. The Morgan fingerprint density at radius 2 is 2.21 bits per heavy atom. The van der Waals surface area contributed by atoms with Crippen molar-refractivity contribution >= 4 is 40.8 Å². The molecular formula is C12H10ClN3O2S. The van der Waals surface area contributed by atoms with Gasteiger partial charge in [0.05, 0.1) is 10.6 Å². The van der Waals surface area contributed by atoms with Gasteiger partial charge >= 0.3 is 5.97 Å². The van der Waals surface area contributed by atoms with Crippen LogP contribution >= 0.6 is 23.4 Å². The molecule has 0 fully saturated rings. The lowest BCUT2D eigenvalue weighted by Crippen LogP contribution is -2.00. The highest BCUT2D eigenvalue weighted by molar-refractivity contribution is 7.98. The number of benzene rings is 1. The van der Waals surface area contributed by atoms with Gasteiger partial charge in [-0.2, -0.15) is 0 Å². The van der Waals surface area contributed by atoms with E-state index < -0.39 is 5.97 Å². The Balaban J connectivity index is 2.28. The van der Waals surface area contributed by atoms with E-state index in [0.717, 1.165) is 0 Å². The summed E-state index contributed by atoms with van der Waals surface area (Å²) in [6.07, 6.45) is 3.51. The Labute approximate surface area is 119 Å². The van der Waals surface area contributed by atoms with Crippen molar-refractivity contribution in [2.75, 3.05) is 11.6 Å². The third-order valence-corrected chi connectivity index (χ3v) is 3.18. The van der Waals surface area contributed by atoms with Crippen molar-refractivity contribution in [3.05, 3.63) is 41.0 Å². The minimum Gasteiger partial charge on any atom is -0.478 e. The zero-order valence-corrected chi connectivity index (χ0v) is 11.5. The average molecular weight is 296 g/mol. The van der Waals surface area contributed by atoms with Crippen LogP contribution in [0.4, 0.5) is 11.5 Å². The molecule has 2 aromatic rings. The van der Waals surface area contributed by atoms with Crippen LogP contribution in [-0.2, 0) is 0 Å². The van der Waals surface area contributed by atoms with E-state index in [1.54, 1.807) is 18.3 Å². The Kier molecular flexibility index (Phi) is 4.24. The SMILES string of the molecule is CSc1nccc(Nc2ccc(Cl)c(C(=O)O)c2)n1. The van der Waals surface area contributed by atoms with E-state index >= 15 is 0 Å². The maximum atomic E-state index is 11.0. The van der Waals surface area contributed by atoms with Gasteiger partial charge in [0, 0.05) is 11.9 Å². The van der Waals surface area contributed by atoms with Crippen LogP contribution in [0.2, 0.25) is 5.02 Å². The summed E-state index contributed by atoms with van der Waals surface area (Å²) in [6.45, 7) is 0. The fourth-order valence-corrected chi connectivity index (χ4v) is 1.98. The molecule has 0 unspecified atom stereocenters. The first-order chi connectivity index (χ1) is 9.10. The van der Waals surface area contributed by atoms with E-state index in [1.165, 1.54) is 23.9 Å². The van der Waals surface area contributed by atoms with E-state index in [2.05, 4.69) is 15.3 Å². The van der Waals surface area contributed by atoms with Gasteiger partial charge in [0.25, 0.3) is 0 Å². The molecule has 0 aliphatic carbocycles. The number of hydrogen-bond donors (Lipinski definition) is 2. The number of thioether (sulfide) groups is 1. The third kappa shape index (κ3) is 3.36. The number of anilines is 2. The minimum atomic E-state index is -1.07. The predicted molar refractivity (Wildman–Crippen MR) is 75.5 cm³/mol. The van der Waals surface area contributed by atoms with Crippen molar-refractivity contribution in [3.63, 3.8) is 0 Å². The molecule has 0 aliphatic heterocycles. The first-order valence-corrected chi connectivity index (χ1v) is 6.87. The summed E-state index contributed by atoms with van der Waals surface area (Å²) in [5.74, 6) is -0.473. The predicted octanol–water partition coefficient (Wildman–Crippen LogP) is 3.29. The van der Waals surface area contributed by atoms with Crippen LogP contribution < -0.4 is 5.32 Å². The van der Waals surface area contributed by atoms with Crippen molar-refractivity contribution in [2.24, 2.45) is 0 Å². The maximum Gasteiger partial charge on any atom is 0.337 e. The van der Waals surface area contributed by atoms with Crippen molar-refractivity contribution < 1.29 is 9.90 Å². The number of carboxylic acids is 1. The van der Waals surface area contributed by atoms with Gasteiger partial charge < -0.3 is 10.4 Å². The lowest BCUT2D eigenvalue weighted by molar-refractivity contribution is 0.0697. The highest BCUT2D eigenvalue weighted by atomic mass is 35.5. The second-order valence-electron chi connectivity index (χ2n) is 3.55. The van der Waals surface area contributed by atoms with E-state index in [9.17, 15) is 4.79 Å². The summed E-state index contributed by atoms with van der Waals surface area (Å²) in [7, 11) is 0. The van der Waals surface area contributed by atoms with E-state index in [4.69, 9.17) is 16.7 Å². The van der Waals surface area contributed by atoms with Gasteiger partial charge in [-0.3, -0.25) is 0 Å². The summed E-state index contributed by atoms with van der Waals surface area (Å²) in [4.78, 5) is 19.3. The van der Waals surface area contributed by atoms with Crippen LogP contribution in [0.25, 0.3) is 0 Å². The lowest BCUT2D eigenvalue weighted by atomic mass is 10.2. The van der Waals surface area contributed by atoms with Crippen molar-refractivity contribution in [3.8, 4) is 0 Å². The molecule has 2 N–H and O–H groups in total. The third-order valence-electron chi connectivity index (χ3n) is 2.29. The maximum absolute atomic E-state index is 11.0. The van der Waals surface area contributed by atoms with Crippen LogP contribution in [0, 0.1) is 0 Å². The fourth-order valence-electron chi connectivity index (χ4n) is 1.42. The van der Waals surface area contributed by atoms with Gasteiger partial charge in [-0.05, 0) is 30.5 Å². The van der Waals surface area contributed by atoms with Crippen LogP contribution in [0.5, 0.6) is 0 Å². The Morgan fingerprint density at radius 1 is 1.42 bits per heavy atom. The molecule has 0 saturated carbocycles. The van der Waals surface area contributed by atoms with Gasteiger partial charge in [0.15, 0.2) is 5.16 Å². The zero-order valence-electron chi connectivity index (χ0n) is 9.92. The van der Waals surface area contributed by atoms with Crippen molar-refractivity contribution in [1.29, 1.82) is 0 Å². The Hall–Kier alpha value is -1.79. The number of hydrogen-bond acceptors (Lipinski definition) is 5. The number of aromatic nitrogens is 2. The molecule has 1 heterocycles. The molecule has 2 rings (SSSR count). The van der Waals surface area contributed by atoms with Crippen LogP contribution in [0.1, 0.15) is 10.4 Å². The molecule has 1 aromatic carbocycles. The number of halogens is 1. The van der Waals surface area contributed by atoms with Crippen LogP contribution in [-0.4, -0.2) is 27.3 Å². The number of carbonyl (C=O) groups is 1. The normalized spacial score (nSPS) is 10.2. The molecule has 0 amide bonds. The molecule has 1 aromatic heterocycles. The monoisotopic (exact) mass is 295 g/mol. The van der Waals surface area contributed by atoms with Gasteiger partial charge in [-0.25, -0.2) is 14.8 Å². The van der Waals surface area contributed by atoms with Gasteiger partial charge in [-0.1, -0.05) is 23.4 Å². The second kappa shape index (κ2) is 5.90. The van der Waals surface area contributed by atoms with Crippen molar-refractivity contribution in [1.82, 2.24) is 9.97 Å². The number of nitrogens with zero attached hydrogens (tertiary/aromatic N) is 2. The first-order valence-electron chi connectivity index (χ1n) is 5.27. The van der Waals surface area contributed by atoms with Crippen LogP contribution in [0.3, 0.4) is 0 Å². The van der Waals surface area contributed by atoms with Gasteiger partial charge in [-0.15, -0.1) is 0 Å². The summed E-state index contributed by atoms with van der Waals surface area (Å²) < 4.78 is 0. The summed E-state index contributed by atoms with van der Waals surface area (Å²) in [5, 5.41) is 12.8. The molecule has 0 atom stereocenters. The second-order valence-corrected chi connectivity index (χ2v) is 4.73. The highest BCUT2D eigenvalue weighted by Gasteiger charge is 2.09. The Morgan fingerprint density at radius 3 is 2.89 bits per heavy atom. The number of carboxylic acid groups (broad SMARTS) is 1. The quantitative estimate of drug-likeness (QED) is 0.666.